The Hall–Kier alpha value is -1.25. The van der Waals surface area contributed by atoms with E-state index in [1.54, 1.807) is 6.08 Å². The first-order valence-corrected chi connectivity index (χ1v) is 2.59. The van der Waals surface area contributed by atoms with Crippen LogP contribution >= 0.6 is 0 Å². The monoisotopic (exact) mass is 122 g/mol. The van der Waals surface area contributed by atoms with Crippen LogP contribution in [0.4, 0.5) is 4.79 Å². The van der Waals surface area contributed by atoms with E-state index in [1.165, 1.54) is 6.21 Å². The number of carbonyl (C=O) groups excluding carboxylic acids is 1. The summed E-state index contributed by atoms with van der Waals surface area (Å²) in [5.41, 5.74) is 0.690. The number of urea groups is 1. The van der Waals surface area contributed by atoms with Gasteiger partial charge in [-0.25, -0.2) is 4.79 Å². The number of hydrogen-bond acceptors (Lipinski definition) is 1. The van der Waals surface area contributed by atoms with E-state index in [0.717, 1.165) is 0 Å². The largest absolute Gasteiger partial charge is 0.367 e. The molecule has 0 aliphatic carbocycles. The third kappa shape index (κ3) is 1.32. The predicted molar refractivity (Wildman–Crippen MR) is 36.1 cm³/mol. The van der Waals surface area contributed by atoms with E-state index >= 15 is 0 Å². The van der Waals surface area contributed by atoms with Gasteiger partial charge in [0.25, 0.3) is 0 Å². The SMILES string of the molecule is C=CCC1=NC(=O)N=C1. The van der Waals surface area contributed by atoms with Crippen LogP contribution < -0.4 is 0 Å². The second kappa shape index (κ2) is 2.35. The zero-order valence-electron chi connectivity index (χ0n) is 4.87. The van der Waals surface area contributed by atoms with Crippen molar-refractivity contribution in [3.05, 3.63) is 12.7 Å². The Kier molecular flexibility index (Phi) is 1.53. The summed E-state index contributed by atoms with van der Waals surface area (Å²) in [6, 6.07) is -0.410. The quantitative estimate of drug-likeness (QED) is 0.507. The van der Waals surface area contributed by atoms with E-state index in [1.807, 2.05) is 0 Å². The number of carbonyl (C=O) groups is 1. The molecule has 0 fully saturated rings. The van der Waals surface area contributed by atoms with Gasteiger partial charge in [-0.1, -0.05) is 6.08 Å². The Labute approximate surface area is 52.8 Å². The van der Waals surface area contributed by atoms with E-state index in [2.05, 4.69) is 16.6 Å². The number of amides is 2. The molecule has 3 heteroatoms. The van der Waals surface area contributed by atoms with Crippen molar-refractivity contribution in [2.75, 3.05) is 0 Å². The highest BCUT2D eigenvalue weighted by Crippen LogP contribution is 1.95. The van der Waals surface area contributed by atoms with Crippen LogP contribution in [0.5, 0.6) is 0 Å². The summed E-state index contributed by atoms with van der Waals surface area (Å²) in [6.07, 6.45) is 3.77. The molecule has 0 radical (unpaired) electrons. The molecule has 0 spiro atoms. The second-order valence-corrected chi connectivity index (χ2v) is 1.64. The second-order valence-electron chi connectivity index (χ2n) is 1.64. The van der Waals surface area contributed by atoms with Crippen LogP contribution in [0.15, 0.2) is 22.6 Å². The number of hydrogen-bond donors (Lipinski definition) is 0. The summed E-state index contributed by atoms with van der Waals surface area (Å²) in [4.78, 5) is 17.3. The van der Waals surface area contributed by atoms with E-state index in [4.69, 9.17) is 0 Å². The first-order chi connectivity index (χ1) is 4.33. The van der Waals surface area contributed by atoms with Crippen molar-refractivity contribution >= 4 is 18.0 Å². The lowest BCUT2D eigenvalue weighted by atomic mass is 10.3. The van der Waals surface area contributed by atoms with Gasteiger partial charge in [0.15, 0.2) is 0 Å². The smallest absolute Gasteiger partial charge is 0.244 e. The molecule has 1 heterocycles. The van der Waals surface area contributed by atoms with Gasteiger partial charge in [0, 0.05) is 6.42 Å². The third-order valence-electron chi connectivity index (χ3n) is 0.917. The highest BCUT2D eigenvalue weighted by atomic mass is 16.2. The van der Waals surface area contributed by atoms with Gasteiger partial charge in [0.05, 0.1) is 11.9 Å². The summed E-state index contributed by atoms with van der Waals surface area (Å²) in [5, 5.41) is 0. The van der Waals surface area contributed by atoms with Gasteiger partial charge in [0.2, 0.25) is 0 Å². The first-order valence-electron chi connectivity index (χ1n) is 2.59. The fourth-order valence-corrected chi connectivity index (χ4v) is 0.557. The molecule has 0 saturated heterocycles. The molecule has 1 aliphatic heterocycles. The summed E-state index contributed by atoms with van der Waals surface area (Å²) >= 11 is 0. The maximum absolute atomic E-state index is 10.3. The maximum Gasteiger partial charge on any atom is 0.367 e. The van der Waals surface area contributed by atoms with Gasteiger partial charge in [-0.15, -0.1) is 6.58 Å². The minimum atomic E-state index is -0.410. The molecule has 0 N–H and O–H groups in total. The van der Waals surface area contributed by atoms with Gasteiger partial charge in [0.1, 0.15) is 0 Å². The zero-order valence-corrected chi connectivity index (χ0v) is 4.87. The molecular formula is C6H6N2O. The highest BCUT2D eigenvalue weighted by molar-refractivity contribution is 6.37. The number of aliphatic imine (C=N–C) groups is 2. The molecule has 0 bridgehead atoms. The van der Waals surface area contributed by atoms with Gasteiger partial charge < -0.3 is 0 Å². The fourth-order valence-electron chi connectivity index (χ4n) is 0.557. The predicted octanol–water partition coefficient (Wildman–Crippen LogP) is 1.21. The average molecular weight is 122 g/mol. The molecule has 0 unspecified atom stereocenters. The number of allylic oxidation sites excluding steroid dienone is 1. The Morgan fingerprint density at radius 2 is 2.56 bits per heavy atom. The van der Waals surface area contributed by atoms with Crippen LogP contribution in [0, 0.1) is 0 Å². The van der Waals surface area contributed by atoms with Gasteiger partial charge in [-0.05, 0) is 0 Å². The summed E-state index contributed by atoms with van der Waals surface area (Å²) in [6.45, 7) is 3.50. The molecule has 0 saturated carbocycles. The molecular weight excluding hydrogens is 116 g/mol. The van der Waals surface area contributed by atoms with Crippen molar-refractivity contribution in [1.82, 2.24) is 0 Å². The highest BCUT2D eigenvalue weighted by Gasteiger charge is 2.04. The van der Waals surface area contributed by atoms with E-state index < -0.39 is 6.03 Å². The Morgan fingerprint density at radius 1 is 1.78 bits per heavy atom. The molecule has 0 atom stereocenters. The first kappa shape index (κ1) is 5.88. The average Bonchev–Trinajstić information content (AvgIpc) is 2.17. The summed E-state index contributed by atoms with van der Waals surface area (Å²) in [7, 11) is 0. The van der Waals surface area contributed by atoms with Crippen LogP contribution in [0.25, 0.3) is 0 Å². The molecule has 3 nitrogen and oxygen atoms in total. The number of nitrogens with zero attached hydrogens (tertiary/aromatic N) is 2. The van der Waals surface area contributed by atoms with E-state index in [9.17, 15) is 4.79 Å². The lowest BCUT2D eigenvalue weighted by Gasteiger charge is -1.81. The van der Waals surface area contributed by atoms with Crippen molar-refractivity contribution in [3.8, 4) is 0 Å². The lowest BCUT2D eigenvalue weighted by Crippen LogP contribution is -1.91. The van der Waals surface area contributed by atoms with Crippen LogP contribution in [0.3, 0.4) is 0 Å². The summed E-state index contributed by atoms with van der Waals surface area (Å²) in [5.74, 6) is 0. The topological polar surface area (TPSA) is 41.8 Å². The van der Waals surface area contributed by atoms with Crippen LogP contribution in [-0.2, 0) is 0 Å². The van der Waals surface area contributed by atoms with Gasteiger partial charge in [-0.3, -0.25) is 0 Å². The Balaban J connectivity index is 2.63. The molecule has 0 aromatic carbocycles. The molecule has 9 heavy (non-hydrogen) atoms. The summed E-state index contributed by atoms with van der Waals surface area (Å²) < 4.78 is 0. The van der Waals surface area contributed by atoms with Crippen molar-refractivity contribution < 1.29 is 4.79 Å². The lowest BCUT2D eigenvalue weighted by molar-refractivity contribution is 0.257. The minimum Gasteiger partial charge on any atom is -0.244 e. The molecule has 1 aliphatic rings. The third-order valence-corrected chi connectivity index (χ3v) is 0.917. The van der Waals surface area contributed by atoms with Crippen molar-refractivity contribution in [2.24, 2.45) is 9.98 Å². The molecule has 1 rings (SSSR count). The molecule has 46 valence electrons. The molecule has 0 aromatic rings. The fraction of sp³-hybridized carbons (Fsp3) is 0.167. The van der Waals surface area contributed by atoms with Crippen LogP contribution in [-0.4, -0.2) is 18.0 Å². The standard InChI is InChI=1S/C6H6N2O/c1-2-3-5-4-7-6(9)8-5/h2,4H,1,3H2. The molecule has 0 aromatic heterocycles. The molecule has 2 amide bonds. The maximum atomic E-state index is 10.3. The van der Waals surface area contributed by atoms with Crippen molar-refractivity contribution in [1.29, 1.82) is 0 Å². The van der Waals surface area contributed by atoms with Crippen molar-refractivity contribution in [3.63, 3.8) is 0 Å². The zero-order chi connectivity index (χ0) is 6.69. The number of rotatable bonds is 2. The Bertz CT molecular complexity index is 203. The van der Waals surface area contributed by atoms with Crippen LogP contribution in [0.1, 0.15) is 6.42 Å². The van der Waals surface area contributed by atoms with Crippen LogP contribution in [0.2, 0.25) is 0 Å². The van der Waals surface area contributed by atoms with E-state index in [-0.39, 0.29) is 0 Å². The minimum absolute atomic E-state index is 0.410. The van der Waals surface area contributed by atoms with Crippen molar-refractivity contribution in [2.45, 2.75) is 6.42 Å². The van der Waals surface area contributed by atoms with Gasteiger partial charge >= 0.3 is 6.03 Å². The normalized spacial score (nSPS) is 16.0. The van der Waals surface area contributed by atoms with E-state index in [0.29, 0.717) is 12.1 Å². The van der Waals surface area contributed by atoms with Gasteiger partial charge in [-0.2, -0.15) is 9.98 Å². The Morgan fingerprint density at radius 3 is 3.00 bits per heavy atom.